The first-order valence-corrected chi connectivity index (χ1v) is 30.3. The molecule has 0 N–H and O–H groups in total. The van der Waals surface area contributed by atoms with Crippen molar-refractivity contribution < 1.29 is 28.6 Å². The van der Waals surface area contributed by atoms with Gasteiger partial charge in [-0.15, -0.1) is 0 Å². The van der Waals surface area contributed by atoms with Gasteiger partial charge in [0.2, 0.25) is 0 Å². The van der Waals surface area contributed by atoms with Gasteiger partial charge in [0.1, 0.15) is 13.2 Å². The Labute approximate surface area is 418 Å². The molecule has 0 aliphatic rings. The van der Waals surface area contributed by atoms with Crippen LogP contribution in [-0.4, -0.2) is 37.2 Å². The molecule has 0 rings (SSSR count). The summed E-state index contributed by atoms with van der Waals surface area (Å²) in [6.07, 6.45) is 58.0. The predicted molar refractivity (Wildman–Crippen MR) is 289 cm³/mol. The minimum absolute atomic E-state index is 0.0624. The van der Waals surface area contributed by atoms with Crippen LogP contribution in [0.4, 0.5) is 0 Å². The molecule has 0 amide bonds. The zero-order chi connectivity index (χ0) is 48.9. The highest BCUT2D eigenvalue weighted by atomic mass is 16.6. The van der Waals surface area contributed by atoms with Crippen molar-refractivity contribution in [1.29, 1.82) is 0 Å². The fraction of sp³-hybridized carbons (Fsp3) is 0.951. The third-order valence-corrected chi connectivity index (χ3v) is 14.3. The molecule has 1 unspecified atom stereocenters. The number of hydrogen-bond donors (Lipinski definition) is 0. The minimum Gasteiger partial charge on any atom is -0.462 e. The standard InChI is InChI=1S/C61H118O6/c1-6-8-9-10-11-12-13-14-15-19-23-26-33-38-43-48-53-61(64)67-58(55-66-60(63)52-47-42-37-32-28-27-30-35-40-45-50-57(5)7-2)54-65-59(62)51-46-41-36-31-25-22-20-17-16-18-21-24-29-34-39-44-49-56(3)4/h56-58H,6-55H2,1-5H3/t57?,58-/m0/s1. The van der Waals surface area contributed by atoms with E-state index in [1.165, 1.54) is 231 Å². The highest BCUT2D eigenvalue weighted by molar-refractivity contribution is 5.71. The van der Waals surface area contributed by atoms with Crippen molar-refractivity contribution in [3.63, 3.8) is 0 Å². The smallest absolute Gasteiger partial charge is 0.306 e. The molecule has 0 saturated carbocycles. The van der Waals surface area contributed by atoms with E-state index >= 15 is 0 Å². The normalized spacial score (nSPS) is 12.4. The summed E-state index contributed by atoms with van der Waals surface area (Å²) >= 11 is 0. The van der Waals surface area contributed by atoms with Crippen LogP contribution in [0.15, 0.2) is 0 Å². The van der Waals surface area contributed by atoms with Gasteiger partial charge in [-0.05, 0) is 31.1 Å². The third-order valence-electron chi connectivity index (χ3n) is 14.3. The SMILES string of the molecule is CCCCCCCCCCCCCCCCCCC(=O)O[C@@H](COC(=O)CCCCCCCCCCCCCCCCCCC(C)C)COC(=O)CCCCCCCCCCCCC(C)CC. The molecule has 0 fully saturated rings. The van der Waals surface area contributed by atoms with E-state index in [0.717, 1.165) is 69.6 Å². The van der Waals surface area contributed by atoms with Crippen molar-refractivity contribution in [2.24, 2.45) is 11.8 Å². The Kier molecular flexibility index (Phi) is 52.5. The van der Waals surface area contributed by atoms with Gasteiger partial charge in [0.05, 0.1) is 0 Å². The fourth-order valence-electron chi connectivity index (χ4n) is 9.37. The Hall–Kier alpha value is -1.59. The Morgan fingerprint density at radius 3 is 0.851 bits per heavy atom. The summed E-state index contributed by atoms with van der Waals surface area (Å²) in [5.74, 6) is 0.887. The molecule has 0 saturated heterocycles. The fourth-order valence-corrected chi connectivity index (χ4v) is 9.37. The molecule has 0 aromatic carbocycles. The first-order valence-electron chi connectivity index (χ1n) is 30.3. The zero-order valence-corrected chi connectivity index (χ0v) is 46.0. The Balaban J connectivity index is 4.29. The van der Waals surface area contributed by atoms with Crippen molar-refractivity contribution in [3.05, 3.63) is 0 Å². The van der Waals surface area contributed by atoms with Crippen molar-refractivity contribution >= 4 is 17.9 Å². The molecule has 2 atom stereocenters. The van der Waals surface area contributed by atoms with E-state index < -0.39 is 6.10 Å². The van der Waals surface area contributed by atoms with Gasteiger partial charge in [0.25, 0.3) is 0 Å². The summed E-state index contributed by atoms with van der Waals surface area (Å²) in [5.41, 5.74) is 0. The number of ether oxygens (including phenoxy) is 3. The lowest BCUT2D eigenvalue weighted by molar-refractivity contribution is -0.167. The molecule has 0 heterocycles. The second-order valence-corrected chi connectivity index (χ2v) is 21.7. The van der Waals surface area contributed by atoms with E-state index in [1.54, 1.807) is 0 Å². The summed E-state index contributed by atoms with van der Waals surface area (Å²) in [6.45, 7) is 11.5. The molecule has 0 bridgehead atoms. The predicted octanol–water partition coefficient (Wildman–Crippen LogP) is 20.0. The summed E-state index contributed by atoms with van der Waals surface area (Å²) < 4.78 is 16.9. The lowest BCUT2D eigenvalue weighted by Crippen LogP contribution is -2.30. The monoisotopic (exact) mass is 947 g/mol. The summed E-state index contributed by atoms with van der Waals surface area (Å²) in [6, 6.07) is 0. The summed E-state index contributed by atoms with van der Waals surface area (Å²) in [4.78, 5) is 38.2. The number of rotatable bonds is 55. The van der Waals surface area contributed by atoms with Crippen molar-refractivity contribution in [2.45, 2.75) is 349 Å². The van der Waals surface area contributed by atoms with E-state index in [4.69, 9.17) is 14.2 Å². The van der Waals surface area contributed by atoms with Gasteiger partial charge in [-0.25, -0.2) is 0 Å². The van der Waals surface area contributed by atoms with Gasteiger partial charge < -0.3 is 14.2 Å². The van der Waals surface area contributed by atoms with Crippen LogP contribution in [0.2, 0.25) is 0 Å². The second kappa shape index (κ2) is 53.8. The van der Waals surface area contributed by atoms with Crippen LogP contribution in [0.25, 0.3) is 0 Å². The minimum atomic E-state index is -0.763. The molecule has 0 radical (unpaired) electrons. The summed E-state index contributed by atoms with van der Waals surface area (Å²) in [7, 11) is 0. The van der Waals surface area contributed by atoms with E-state index in [0.29, 0.717) is 19.3 Å². The number of carbonyl (C=O) groups excluding carboxylic acids is 3. The Morgan fingerprint density at radius 1 is 0.313 bits per heavy atom. The average molecular weight is 948 g/mol. The van der Waals surface area contributed by atoms with Gasteiger partial charge in [0.15, 0.2) is 6.10 Å². The Morgan fingerprint density at radius 2 is 0.567 bits per heavy atom. The number of unbranched alkanes of at least 4 members (excludes halogenated alkanes) is 39. The number of carbonyl (C=O) groups is 3. The maximum atomic E-state index is 12.9. The number of esters is 3. The molecule has 0 aromatic rings. The maximum Gasteiger partial charge on any atom is 0.306 e. The topological polar surface area (TPSA) is 78.9 Å². The van der Waals surface area contributed by atoms with Crippen LogP contribution in [0.3, 0.4) is 0 Å². The van der Waals surface area contributed by atoms with Gasteiger partial charge in [-0.3, -0.25) is 14.4 Å². The molecular weight excluding hydrogens is 829 g/mol. The molecule has 6 nitrogen and oxygen atoms in total. The zero-order valence-electron chi connectivity index (χ0n) is 46.0. The molecule has 0 aromatic heterocycles. The van der Waals surface area contributed by atoms with Gasteiger partial charge in [-0.1, -0.05) is 304 Å². The van der Waals surface area contributed by atoms with Crippen LogP contribution in [0, 0.1) is 11.8 Å². The maximum absolute atomic E-state index is 12.9. The van der Waals surface area contributed by atoms with Crippen LogP contribution < -0.4 is 0 Å². The number of hydrogen-bond acceptors (Lipinski definition) is 6. The highest BCUT2D eigenvalue weighted by Gasteiger charge is 2.19. The van der Waals surface area contributed by atoms with E-state index in [1.807, 2.05) is 0 Å². The molecule has 0 aliphatic heterocycles. The molecule has 0 aliphatic carbocycles. The Bertz CT molecular complexity index is 1030. The van der Waals surface area contributed by atoms with Gasteiger partial charge >= 0.3 is 17.9 Å². The van der Waals surface area contributed by atoms with Crippen molar-refractivity contribution in [2.75, 3.05) is 13.2 Å². The highest BCUT2D eigenvalue weighted by Crippen LogP contribution is 2.19. The van der Waals surface area contributed by atoms with Crippen molar-refractivity contribution in [1.82, 2.24) is 0 Å². The van der Waals surface area contributed by atoms with Crippen LogP contribution in [-0.2, 0) is 28.6 Å². The third kappa shape index (κ3) is 53.6. The van der Waals surface area contributed by atoms with Crippen LogP contribution >= 0.6 is 0 Å². The second-order valence-electron chi connectivity index (χ2n) is 21.7. The largest absolute Gasteiger partial charge is 0.462 e. The molecule has 398 valence electrons. The summed E-state index contributed by atoms with van der Waals surface area (Å²) in [5, 5.41) is 0. The first-order chi connectivity index (χ1) is 32.8. The quantitative estimate of drug-likeness (QED) is 0.0343. The lowest BCUT2D eigenvalue weighted by Gasteiger charge is -2.18. The average Bonchev–Trinajstić information content (AvgIpc) is 3.31. The molecule has 67 heavy (non-hydrogen) atoms. The van der Waals surface area contributed by atoms with E-state index in [2.05, 4.69) is 34.6 Å². The van der Waals surface area contributed by atoms with E-state index in [9.17, 15) is 14.4 Å². The molecule has 6 heteroatoms. The van der Waals surface area contributed by atoms with Crippen LogP contribution in [0.5, 0.6) is 0 Å². The van der Waals surface area contributed by atoms with E-state index in [-0.39, 0.29) is 31.1 Å². The van der Waals surface area contributed by atoms with Crippen molar-refractivity contribution in [3.8, 4) is 0 Å². The van der Waals surface area contributed by atoms with Gasteiger partial charge in [0, 0.05) is 19.3 Å². The first kappa shape index (κ1) is 65.4. The molecule has 0 spiro atoms. The lowest BCUT2D eigenvalue weighted by atomic mass is 9.99. The van der Waals surface area contributed by atoms with Crippen LogP contribution in [0.1, 0.15) is 343 Å². The van der Waals surface area contributed by atoms with Gasteiger partial charge in [-0.2, -0.15) is 0 Å². The molecular formula is C61H118O6.